The van der Waals surface area contributed by atoms with E-state index < -0.39 is 0 Å². The van der Waals surface area contributed by atoms with Crippen molar-refractivity contribution in [3.05, 3.63) is 70.3 Å². The van der Waals surface area contributed by atoms with Crippen molar-refractivity contribution in [3.8, 4) is 5.69 Å². The van der Waals surface area contributed by atoms with E-state index in [-0.39, 0.29) is 10.8 Å². The number of hydrogen-bond acceptors (Lipinski definition) is 7. The van der Waals surface area contributed by atoms with Crippen molar-refractivity contribution in [3.63, 3.8) is 0 Å². The van der Waals surface area contributed by atoms with Crippen molar-refractivity contribution in [2.75, 3.05) is 31.2 Å². The summed E-state index contributed by atoms with van der Waals surface area (Å²) < 4.78 is 7.63. The minimum atomic E-state index is -0.130. The van der Waals surface area contributed by atoms with Gasteiger partial charge in [-0.05, 0) is 43.2 Å². The molecule has 0 saturated carbocycles. The Bertz CT molecular complexity index is 1330. The second kappa shape index (κ2) is 9.36. The monoisotopic (exact) mass is 462 g/mol. The number of morpholine rings is 1. The SMILES string of the molecule is CCc1cccc(-n2c(S[C@@H](C)c3nc4ccccc4c(=O)[nH]3)nnc2N2CCOCC2)c1. The molecule has 0 bridgehead atoms. The van der Waals surface area contributed by atoms with Crippen LogP contribution in [0.3, 0.4) is 0 Å². The summed E-state index contributed by atoms with van der Waals surface area (Å²) in [7, 11) is 0. The van der Waals surface area contributed by atoms with Gasteiger partial charge in [0.05, 0.1) is 35.1 Å². The number of para-hydroxylation sites is 1. The number of nitrogens with one attached hydrogen (secondary N) is 1. The first-order valence-electron chi connectivity index (χ1n) is 11.2. The summed E-state index contributed by atoms with van der Waals surface area (Å²) >= 11 is 1.53. The molecule has 1 fully saturated rings. The van der Waals surface area contributed by atoms with Crippen molar-refractivity contribution in [1.29, 1.82) is 0 Å². The Morgan fingerprint density at radius 1 is 1.12 bits per heavy atom. The Balaban J connectivity index is 1.53. The zero-order chi connectivity index (χ0) is 22.8. The molecule has 0 amide bonds. The lowest BCUT2D eigenvalue weighted by atomic mass is 10.1. The molecule has 8 nitrogen and oxygen atoms in total. The minimum absolute atomic E-state index is 0.128. The molecule has 2 aromatic carbocycles. The highest BCUT2D eigenvalue weighted by molar-refractivity contribution is 7.99. The molecule has 3 heterocycles. The number of hydrogen-bond donors (Lipinski definition) is 1. The van der Waals surface area contributed by atoms with E-state index in [1.165, 1.54) is 17.3 Å². The number of thioether (sulfide) groups is 1. The molecule has 1 aliphatic heterocycles. The Hall–Kier alpha value is -3.17. The highest BCUT2D eigenvalue weighted by atomic mass is 32.2. The minimum Gasteiger partial charge on any atom is -0.378 e. The fourth-order valence-corrected chi connectivity index (χ4v) is 4.88. The molecule has 1 N–H and O–H groups in total. The van der Waals surface area contributed by atoms with Crippen molar-refractivity contribution in [1.82, 2.24) is 24.7 Å². The van der Waals surface area contributed by atoms with Crippen LogP contribution >= 0.6 is 11.8 Å². The van der Waals surface area contributed by atoms with Gasteiger partial charge in [-0.15, -0.1) is 10.2 Å². The lowest BCUT2D eigenvalue weighted by Gasteiger charge is -2.28. The molecule has 1 aliphatic rings. The lowest BCUT2D eigenvalue weighted by molar-refractivity contribution is 0.122. The van der Waals surface area contributed by atoms with Crippen LogP contribution in [-0.4, -0.2) is 51.0 Å². The maximum absolute atomic E-state index is 12.6. The third kappa shape index (κ3) is 4.38. The summed E-state index contributed by atoms with van der Waals surface area (Å²) in [6.07, 6.45) is 0.948. The second-order valence-corrected chi connectivity index (χ2v) is 9.28. The molecule has 1 atom stereocenters. The number of fused-ring (bicyclic) bond motifs is 1. The molecule has 0 spiro atoms. The van der Waals surface area contributed by atoms with E-state index in [0.29, 0.717) is 29.9 Å². The van der Waals surface area contributed by atoms with E-state index in [2.05, 4.69) is 55.8 Å². The zero-order valence-corrected chi connectivity index (χ0v) is 19.5. The highest BCUT2D eigenvalue weighted by Crippen LogP contribution is 2.35. The van der Waals surface area contributed by atoms with E-state index in [9.17, 15) is 4.79 Å². The first-order chi connectivity index (χ1) is 16.1. The molecule has 5 rings (SSSR count). The van der Waals surface area contributed by atoms with Gasteiger partial charge in [0, 0.05) is 13.1 Å². The predicted molar refractivity (Wildman–Crippen MR) is 130 cm³/mol. The summed E-state index contributed by atoms with van der Waals surface area (Å²) in [4.78, 5) is 22.4. The van der Waals surface area contributed by atoms with Gasteiger partial charge in [-0.2, -0.15) is 0 Å². The van der Waals surface area contributed by atoms with E-state index in [0.717, 1.165) is 36.3 Å². The summed E-state index contributed by atoms with van der Waals surface area (Å²) in [5, 5.41) is 10.3. The number of H-pyrrole nitrogens is 1. The predicted octanol–water partition coefficient (Wildman–Crippen LogP) is 3.76. The fourth-order valence-electron chi connectivity index (χ4n) is 3.96. The average Bonchev–Trinajstić information content (AvgIpc) is 3.28. The van der Waals surface area contributed by atoms with Crippen molar-refractivity contribution in [2.45, 2.75) is 30.7 Å². The van der Waals surface area contributed by atoms with Gasteiger partial charge < -0.3 is 14.6 Å². The number of anilines is 1. The molecule has 0 unspecified atom stereocenters. The van der Waals surface area contributed by atoms with E-state index in [1.54, 1.807) is 6.07 Å². The van der Waals surface area contributed by atoms with Crippen LogP contribution in [0.5, 0.6) is 0 Å². The van der Waals surface area contributed by atoms with Crippen LogP contribution in [-0.2, 0) is 11.2 Å². The molecular weight excluding hydrogens is 436 g/mol. The zero-order valence-electron chi connectivity index (χ0n) is 18.7. The number of benzene rings is 2. The largest absolute Gasteiger partial charge is 0.378 e. The fraction of sp³-hybridized carbons (Fsp3) is 0.333. The van der Waals surface area contributed by atoms with Crippen LogP contribution in [0.4, 0.5) is 5.95 Å². The Labute approximate surface area is 196 Å². The lowest BCUT2D eigenvalue weighted by Crippen LogP contribution is -2.37. The summed E-state index contributed by atoms with van der Waals surface area (Å²) in [5.74, 6) is 1.43. The number of nitrogens with zero attached hydrogens (tertiary/aromatic N) is 5. The summed E-state index contributed by atoms with van der Waals surface area (Å²) in [6, 6.07) is 15.8. The van der Waals surface area contributed by atoms with E-state index >= 15 is 0 Å². The number of aromatic amines is 1. The van der Waals surface area contributed by atoms with Gasteiger partial charge in [-0.1, -0.05) is 43.0 Å². The van der Waals surface area contributed by atoms with Gasteiger partial charge in [0.15, 0.2) is 5.16 Å². The second-order valence-electron chi connectivity index (χ2n) is 7.97. The number of aromatic nitrogens is 5. The normalized spacial score (nSPS) is 15.2. The molecular formula is C24H26N6O2S. The third-order valence-electron chi connectivity index (χ3n) is 5.79. The van der Waals surface area contributed by atoms with Gasteiger partial charge in [-0.25, -0.2) is 4.98 Å². The number of aryl methyl sites for hydroxylation is 1. The van der Waals surface area contributed by atoms with Crippen molar-refractivity contribution < 1.29 is 4.74 Å². The molecule has 170 valence electrons. The number of rotatable bonds is 6. The van der Waals surface area contributed by atoms with Gasteiger partial charge in [0.25, 0.3) is 5.56 Å². The van der Waals surface area contributed by atoms with Crippen molar-refractivity contribution >= 4 is 28.6 Å². The van der Waals surface area contributed by atoms with E-state index in [4.69, 9.17) is 9.72 Å². The molecule has 0 radical (unpaired) electrons. The molecule has 2 aromatic heterocycles. The van der Waals surface area contributed by atoms with Crippen molar-refractivity contribution in [2.24, 2.45) is 0 Å². The van der Waals surface area contributed by atoms with Gasteiger partial charge >= 0.3 is 0 Å². The first-order valence-corrected chi connectivity index (χ1v) is 12.0. The summed E-state index contributed by atoms with van der Waals surface area (Å²) in [5.41, 5.74) is 2.83. The van der Waals surface area contributed by atoms with Crippen LogP contribution in [0.15, 0.2) is 58.5 Å². The Kier molecular flexibility index (Phi) is 6.15. The Morgan fingerprint density at radius 3 is 2.76 bits per heavy atom. The van der Waals surface area contributed by atoms with Crippen LogP contribution in [0.1, 0.15) is 30.5 Å². The standard InChI is InChI=1S/C24H26N6O2S/c1-3-17-7-6-8-18(15-17)30-23(29-11-13-32-14-12-29)27-28-24(30)33-16(2)21-25-20-10-5-4-9-19(20)22(31)26-21/h4-10,15-16H,3,11-14H2,1-2H3,(H,25,26,31)/t16-/m0/s1. The molecule has 1 saturated heterocycles. The molecule has 33 heavy (non-hydrogen) atoms. The first kappa shape index (κ1) is 21.7. The van der Waals surface area contributed by atoms with Crippen LogP contribution < -0.4 is 10.5 Å². The maximum Gasteiger partial charge on any atom is 0.258 e. The average molecular weight is 463 g/mol. The maximum atomic E-state index is 12.6. The quantitative estimate of drug-likeness (QED) is 0.437. The smallest absolute Gasteiger partial charge is 0.258 e. The highest BCUT2D eigenvalue weighted by Gasteiger charge is 2.24. The van der Waals surface area contributed by atoms with E-state index in [1.807, 2.05) is 25.1 Å². The number of ether oxygens (including phenoxy) is 1. The van der Waals surface area contributed by atoms with Crippen LogP contribution in [0.25, 0.3) is 16.6 Å². The third-order valence-corrected chi connectivity index (χ3v) is 6.84. The topological polar surface area (TPSA) is 88.9 Å². The van der Waals surface area contributed by atoms with Gasteiger partial charge in [0.1, 0.15) is 5.82 Å². The molecule has 4 aromatic rings. The van der Waals surface area contributed by atoms with Crippen LogP contribution in [0, 0.1) is 0 Å². The van der Waals surface area contributed by atoms with Gasteiger partial charge in [-0.3, -0.25) is 9.36 Å². The van der Waals surface area contributed by atoms with Crippen LogP contribution in [0.2, 0.25) is 0 Å². The molecule has 9 heteroatoms. The summed E-state index contributed by atoms with van der Waals surface area (Å²) in [6.45, 7) is 7.05. The Morgan fingerprint density at radius 2 is 1.94 bits per heavy atom. The van der Waals surface area contributed by atoms with Gasteiger partial charge in [0.2, 0.25) is 5.95 Å². The molecule has 0 aliphatic carbocycles.